The predicted octanol–water partition coefficient (Wildman–Crippen LogP) is 2.31. The summed E-state index contributed by atoms with van der Waals surface area (Å²) in [6, 6.07) is 6.77. The van der Waals surface area contributed by atoms with Gasteiger partial charge in [0.15, 0.2) is 0 Å². The summed E-state index contributed by atoms with van der Waals surface area (Å²) in [7, 11) is 1.36. The molecule has 0 bridgehead atoms. The molecule has 1 aromatic rings. The highest BCUT2D eigenvalue weighted by Crippen LogP contribution is 2.14. The third kappa shape index (κ3) is 2.92. The lowest BCUT2D eigenvalue weighted by atomic mass is 10.2. The Hall–Kier alpha value is -1.22. The van der Waals surface area contributed by atoms with Crippen LogP contribution in [0.15, 0.2) is 24.3 Å². The van der Waals surface area contributed by atoms with Crippen LogP contribution in [0.2, 0.25) is 5.02 Å². The van der Waals surface area contributed by atoms with E-state index in [0.717, 1.165) is 5.69 Å². The van der Waals surface area contributed by atoms with Crippen molar-refractivity contribution >= 4 is 23.3 Å². The summed E-state index contributed by atoms with van der Waals surface area (Å²) in [4.78, 5) is 11.1. The Morgan fingerprint density at radius 1 is 1.43 bits per heavy atom. The molecule has 0 heterocycles. The summed E-state index contributed by atoms with van der Waals surface area (Å²) in [6.07, 6.45) is 0. The monoisotopic (exact) mass is 213 g/mol. The van der Waals surface area contributed by atoms with Crippen molar-refractivity contribution in [1.29, 1.82) is 0 Å². The first-order valence-electron chi connectivity index (χ1n) is 4.23. The number of benzene rings is 1. The van der Waals surface area contributed by atoms with E-state index >= 15 is 0 Å². The Balaban J connectivity index is 2.60. The Morgan fingerprint density at radius 2 is 2.00 bits per heavy atom. The van der Waals surface area contributed by atoms with Gasteiger partial charge in [-0.05, 0) is 31.2 Å². The van der Waals surface area contributed by atoms with Crippen LogP contribution < -0.4 is 5.32 Å². The van der Waals surface area contributed by atoms with Gasteiger partial charge in [-0.1, -0.05) is 11.6 Å². The van der Waals surface area contributed by atoms with Crippen LogP contribution >= 0.6 is 11.6 Å². The van der Waals surface area contributed by atoms with Crippen LogP contribution in [0.25, 0.3) is 0 Å². The minimum absolute atomic E-state index is 0.292. The fourth-order valence-electron chi connectivity index (χ4n) is 1.03. The molecule has 0 aliphatic carbocycles. The average Bonchev–Trinajstić information content (AvgIpc) is 2.20. The highest BCUT2D eigenvalue weighted by molar-refractivity contribution is 6.30. The van der Waals surface area contributed by atoms with Crippen LogP contribution in [0, 0.1) is 0 Å². The number of nitrogens with one attached hydrogen (secondary N) is 1. The van der Waals surface area contributed by atoms with Gasteiger partial charge in [0.1, 0.15) is 6.04 Å². The number of ether oxygens (including phenoxy) is 1. The molecule has 0 radical (unpaired) electrons. The van der Waals surface area contributed by atoms with E-state index in [1.54, 1.807) is 19.1 Å². The lowest BCUT2D eigenvalue weighted by Gasteiger charge is -2.12. The molecule has 1 atom stereocenters. The Bertz CT molecular complexity index is 310. The van der Waals surface area contributed by atoms with E-state index < -0.39 is 0 Å². The second-order valence-electron chi connectivity index (χ2n) is 2.90. The van der Waals surface area contributed by atoms with Gasteiger partial charge in [0.05, 0.1) is 7.11 Å². The second-order valence-corrected chi connectivity index (χ2v) is 3.33. The number of halogens is 1. The first-order valence-corrected chi connectivity index (χ1v) is 4.61. The summed E-state index contributed by atoms with van der Waals surface area (Å²) in [6.45, 7) is 1.74. The van der Waals surface area contributed by atoms with E-state index in [4.69, 9.17) is 11.6 Å². The van der Waals surface area contributed by atoms with E-state index in [0.29, 0.717) is 5.02 Å². The van der Waals surface area contributed by atoms with Crippen molar-refractivity contribution in [3.05, 3.63) is 29.3 Å². The number of hydrogen-bond acceptors (Lipinski definition) is 3. The van der Waals surface area contributed by atoms with Gasteiger partial charge in [-0.15, -0.1) is 0 Å². The van der Waals surface area contributed by atoms with Gasteiger partial charge < -0.3 is 10.1 Å². The fraction of sp³-hybridized carbons (Fsp3) is 0.300. The first-order chi connectivity index (χ1) is 6.63. The molecule has 1 rings (SSSR count). The SMILES string of the molecule is COC(=O)[C@H](C)Nc1ccc(Cl)cc1. The molecular weight excluding hydrogens is 202 g/mol. The van der Waals surface area contributed by atoms with Gasteiger partial charge in [-0.25, -0.2) is 4.79 Å². The smallest absolute Gasteiger partial charge is 0.327 e. The minimum Gasteiger partial charge on any atom is -0.467 e. The fourth-order valence-corrected chi connectivity index (χ4v) is 1.16. The van der Waals surface area contributed by atoms with E-state index in [2.05, 4.69) is 10.1 Å². The van der Waals surface area contributed by atoms with Crippen molar-refractivity contribution in [2.24, 2.45) is 0 Å². The maximum atomic E-state index is 11.1. The molecule has 76 valence electrons. The van der Waals surface area contributed by atoms with Crippen molar-refractivity contribution in [1.82, 2.24) is 0 Å². The molecule has 0 aliphatic heterocycles. The zero-order valence-corrected chi connectivity index (χ0v) is 8.84. The van der Waals surface area contributed by atoms with Crippen LogP contribution in [0.5, 0.6) is 0 Å². The topological polar surface area (TPSA) is 38.3 Å². The third-order valence-corrected chi connectivity index (χ3v) is 2.03. The van der Waals surface area contributed by atoms with E-state index in [9.17, 15) is 4.79 Å². The van der Waals surface area contributed by atoms with Gasteiger partial charge >= 0.3 is 5.97 Å². The lowest BCUT2D eigenvalue weighted by Crippen LogP contribution is -2.26. The number of methoxy groups -OCH3 is 1. The number of carbonyl (C=O) groups excluding carboxylic acids is 1. The number of anilines is 1. The van der Waals surface area contributed by atoms with Gasteiger partial charge in [0, 0.05) is 10.7 Å². The molecule has 0 aromatic heterocycles. The lowest BCUT2D eigenvalue weighted by molar-refractivity contribution is -0.141. The highest BCUT2D eigenvalue weighted by Gasteiger charge is 2.11. The van der Waals surface area contributed by atoms with Gasteiger partial charge in [0.25, 0.3) is 0 Å². The molecule has 1 N–H and O–H groups in total. The van der Waals surface area contributed by atoms with Gasteiger partial charge in [0.2, 0.25) is 0 Å². The van der Waals surface area contributed by atoms with E-state index in [-0.39, 0.29) is 12.0 Å². The summed E-state index contributed by atoms with van der Waals surface area (Å²) < 4.78 is 4.58. The van der Waals surface area contributed by atoms with Gasteiger partial charge in [-0.3, -0.25) is 0 Å². The highest BCUT2D eigenvalue weighted by atomic mass is 35.5. The van der Waals surface area contributed by atoms with Crippen LogP contribution in [0.1, 0.15) is 6.92 Å². The summed E-state index contributed by atoms with van der Waals surface area (Å²) in [5.74, 6) is -0.292. The molecule has 0 amide bonds. The van der Waals surface area contributed by atoms with E-state index in [1.807, 2.05) is 12.1 Å². The van der Waals surface area contributed by atoms with Gasteiger partial charge in [-0.2, -0.15) is 0 Å². The normalized spacial score (nSPS) is 11.9. The molecule has 0 spiro atoms. The molecule has 0 aliphatic rings. The Kier molecular flexibility index (Phi) is 3.77. The molecule has 0 fully saturated rings. The van der Waals surface area contributed by atoms with Crippen molar-refractivity contribution in [2.45, 2.75) is 13.0 Å². The molecule has 0 saturated heterocycles. The minimum atomic E-state index is -0.360. The number of esters is 1. The standard InChI is InChI=1S/C10H12ClNO2/c1-7(10(13)14-2)12-9-5-3-8(11)4-6-9/h3-7,12H,1-2H3/t7-/m0/s1. The van der Waals surface area contributed by atoms with Crippen LogP contribution in [0.3, 0.4) is 0 Å². The van der Waals surface area contributed by atoms with Crippen LogP contribution in [0.4, 0.5) is 5.69 Å². The van der Waals surface area contributed by atoms with Crippen LogP contribution in [-0.4, -0.2) is 19.1 Å². The Morgan fingerprint density at radius 3 is 2.50 bits per heavy atom. The van der Waals surface area contributed by atoms with E-state index in [1.165, 1.54) is 7.11 Å². The quantitative estimate of drug-likeness (QED) is 0.784. The molecule has 4 heteroatoms. The molecular formula is C10H12ClNO2. The molecule has 1 aromatic carbocycles. The maximum absolute atomic E-state index is 11.1. The second kappa shape index (κ2) is 4.86. The summed E-state index contributed by atoms with van der Waals surface area (Å²) >= 11 is 5.72. The Labute approximate surface area is 88.0 Å². The van der Waals surface area contributed by atoms with Crippen LogP contribution in [-0.2, 0) is 9.53 Å². The van der Waals surface area contributed by atoms with Crippen molar-refractivity contribution < 1.29 is 9.53 Å². The third-order valence-electron chi connectivity index (χ3n) is 1.78. The maximum Gasteiger partial charge on any atom is 0.327 e. The number of rotatable bonds is 3. The molecule has 0 unspecified atom stereocenters. The predicted molar refractivity (Wildman–Crippen MR) is 56.6 cm³/mol. The summed E-state index contributed by atoms with van der Waals surface area (Å²) in [5.41, 5.74) is 0.840. The zero-order chi connectivity index (χ0) is 10.6. The molecule has 14 heavy (non-hydrogen) atoms. The van der Waals surface area contributed by atoms with Crippen molar-refractivity contribution in [2.75, 3.05) is 12.4 Å². The number of hydrogen-bond donors (Lipinski definition) is 1. The first kappa shape index (κ1) is 10.9. The largest absolute Gasteiger partial charge is 0.467 e. The number of carbonyl (C=O) groups is 1. The zero-order valence-electron chi connectivity index (χ0n) is 8.08. The molecule has 3 nitrogen and oxygen atoms in total. The average molecular weight is 214 g/mol. The molecule has 0 saturated carbocycles. The van der Waals surface area contributed by atoms with Crippen molar-refractivity contribution in [3.8, 4) is 0 Å². The summed E-state index contributed by atoms with van der Waals surface area (Å²) in [5, 5.41) is 3.65. The van der Waals surface area contributed by atoms with Crippen molar-refractivity contribution in [3.63, 3.8) is 0 Å².